The monoisotopic (exact) mass is 592 g/mol. The summed E-state index contributed by atoms with van der Waals surface area (Å²) >= 11 is 0. The molecule has 1 heterocycles. The van der Waals surface area contributed by atoms with Gasteiger partial charge < -0.3 is 42.4 Å². The van der Waals surface area contributed by atoms with E-state index in [-0.39, 0.29) is 44.8 Å². The van der Waals surface area contributed by atoms with E-state index in [2.05, 4.69) is 10.6 Å². The highest BCUT2D eigenvalue weighted by Gasteiger charge is 2.40. The van der Waals surface area contributed by atoms with Gasteiger partial charge in [0.15, 0.2) is 0 Å². The smallest absolute Gasteiger partial charge is 0.423 e. The molecule has 0 saturated carbocycles. The molecule has 14 heteroatoms. The fourth-order valence-corrected chi connectivity index (χ4v) is 4.91. The van der Waals surface area contributed by atoms with Crippen LogP contribution < -0.4 is 33.3 Å². The number of carbonyl (C=O) groups is 2. The molecule has 42 heavy (non-hydrogen) atoms. The van der Waals surface area contributed by atoms with Gasteiger partial charge in [-0.3, -0.25) is 9.59 Å². The molecule has 10 nitrogen and oxygen atoms in total. The number of benzene rings is 2. The van der Waals surface area contributed by atoms with Crippen LogP contribution in [0.1, 0.15) is 43.4 Å². The maximum absolute atomic E-state index is 13.0. The lowest BCUT2D eigenvalue weighted by Crippen LogP contribution is -2.49. The SMILES string of the molecule is CC1(C)OB(O)c2cc(NCC(Cc3ccc(C(F)(F)F)cc3)NC(=O)C(N)CCC(=O)N(CCN)CCN)ccc21. The van der Waals surface area contributed by atoms with Crippen molar-refractivity contribution in [2.75, 3.05) is 38.0 Å². The number of carbonyl (C=O) groups excluding carboxylic acids is 2. The van der Waals surface area contributed by atoms with Gasteiger partial charge in [0.1, 0.15) is 0 Å². The standard InChI is InChI=1S/C28H40BF3N6O4/c1-27(2)22-8-7-20(16-23(22)29(41)42-27)36-17-21(15-18-3-5-19(6-4-18)28(30,31)32)37-26(40)24(35)9-10-25(39)38(13-11-33)14-12-34/h3-8,16,21,24,36,41H,9-15,17,33-35H2,1-2H3,(H,37,40). The normalized spacial score (nSPS) is 15.6. The third-order valence-electron chi connectivity index (χ3n) is 7.19. The molecule has 0 aromatic heterocycles. The Morgan fingerprint density at radius 2 is 1.74 bits per heavy atom. The highest BCUT2D eigenvalue weighted by molar-refractivity contribution is 6.62. The second-order valence-electron chi connectivity index (χ2n) is 10.9. The summed E-state index contributed by atoms with van der Waals surface area (Å²) < 4.78 is 44.7. The fourth-order valence-electron chi connectivity index (χ4n) is 4.91. The van der Waals surface area contributed by atoms with Crippen LogP contribution in [-0.2, 0) is 32.4 Å². The first-order valence-electron chi connectivity index (χ1n) is 13.9. The summed E-state index contributed by atoms with van der Waals surface area (Å²) in [5, 5.41) is 16.4. The molecule has 2 aromatic carbocycles. The van der Waals surface area contributed by atoms with Gasteiger partial charge in [0.05, 0.1) is 23.2 Å². The number of amides is 2. The zero-order chi connectivity index (χ0) is 31.1. The second-order valence-corrected chi connectivity index (χ2v) is 10.9. The number of hydrogen-bond acceptors (Lipinski definition) is 8. The Hall–Kier alpha value is -3.17. The average molecular weight is 592 g/mol. The molecule has 1 aliphatic rings. The molecule has 9 N–H and O–H groups in total. The number of fused-ring (bicyclic) bond motifs is 1. The molecule has 2 amide bonds. The van der Waals surface area contributed by atoms with Crippen LogP contribution in [0, 0.1) is 0 Å². The van der Waals surface area contributed by atoms with Gasteiger partial charge in [-0.1, -0.05) is 18.2 Å². The number of hydrogen-bond donors (Lipinski definition) is 6. The van der Waals surface area contributed by atoms with Crippen LogP contribution in [0.15, 0.2) is 42.5 Å². The van der Waals surface area contributed by atoms with Crippen molar-refractivity contribution in [1.29, 1.82) is 0 Å². The van der Waals surface area contributed by atoms with Crippen LogP contribution in [0.2, 0.25) is 0 Å². The van der Waals surface area contributed by atoms with Gasteiger partial charge in [0, 0.05) is 44.8 Å². The van der Waals surface area contributed by atoms with E-state index in [0.717, 1.165) is 17.7 Å². The summed E-state index contributed by atoms with van der Waals surface area (Å²) in [6, 6.07) is 8.62. The van der Waals surface area contributed by atoms with Crippen molar-refractivity contribution < 1.29 is 32.4 Å². The third-order valence-corrected chi connectivity index (χ3v) is 7.19. The summed E-state index contributed by atoms with van der Waals surface area (Å²) in [5.74, 6) is -0.701. The molecule has 0 radical (unpaired) electrons. The predicted octanol–water partition coefficient (Wildman–Crippen LogP) is 0.651. The molecule has 0 bridgehead atoms. The molecule has 1 aliphatic heterocycles. The number of rotatable bonds is 14. The first-order valence-corrected chi connectivity index (χ1v) is 13.9. The number of nitrogens with zero attached hydrogens (tertiary/aromatic N) is 1. The molecule has 3 rings (SSSR count). The lowest BCUT2D eigenvalue weighted by molar-refractivity contribution is -0.137. The van der Waals surface area contributed by atoms with Crippen LogP contribution in [-0.4, -0.2) is 73.7 Å². The van der Waals surface area contributed by atoms with E-state index in [4.69, 9.17) is 21.9 Å². The van der Waals surface area contributed by atoms with Crippen LogP contribution in [0.3, 0.4) is 0 Å². The minimum Gasteiger partial charge on any atom is -0.423 e. The zero-order valence-electron chi connectivity index (χ0n) is 23.9. The van der Waals surface area contributed by atoms with Gasteiger partial charge in [-0.2, -0.15) is 13.2 Å². The van der Waals surface area contributed by atoms with Crippen molar-refractivity contribution in [1.82, 2.24) is 10.2 Å². The largest absolute Gasteiger partial charge is 0.492 e. The maximum Gasteiger partial charge on any atom is 0.492 e. The van der Waals surface area contributed by atoms with Gasteiger partial charge in [-0.25, -0.2) is 0 Å². The Morgan fingerprint density at radius 3 is 2.33 bits per heavy atom. The lowest BCUT2D eigenvalue weighted by Gasteiger charge is -2.24. The number of alkyl halides is 3. The van der Waals surface area contributed by atoms with Gasteiger partial charge in [0.25, 0.3) is 0 Å². The van der Waals surface area contributed by atoms with E-state index in [1.54, 1.807) is 6.07 Å². The van der Waals surface area contributed by atoms with Crippen LogP contribution >= 0.6 is 0 Å². The molecule has 0 aliphatic carbocycles. The van der Waals surface area contributed by atoms with Gasteiger partial charge in [0.2, 0.25) is 11.8 Å². The molecule has 230 valence electrons. The number of halogens is 3. The first kappa shape index (κ1) is 33.3. The van der Waals surface area contributed by atoms with Crippen molar-refractivity contribution in [3.8, 4) is 0 Å². The second kappa shape index (κ2) is 14.3. The maximum atomic E-state index is 13.0. The minimum absolute atomic E-state index is 0.0340. The molecule has 0 spiro atoms. The quantitative estimate of drug-likeness (QED) is 0.174. The molecule has 2 unspecified atom stereocenters. The van der Waals surface area contributed by atoms with Crippen molar-refractivity contribution in [3.63, 3.8) is 0 Å². The highest BCUT2D eigenvalue weighted by atomic mass is 19.4. The molecule has 0 fully saturated rings. The average Bonchev–Trinajstić information content (AvgIpc) is 3.16. The highest BCUT2D eigenvalue weighted by Crippen LogP contribution is 2.31. The molecular formula is C28H40BF3N6O4. The summed E-state index contributed by atoms with van der Waals surface area (Å²) in [4.78, 5) is 27.1. The van der Waals surface area contributed by atoms with Crippen molar-refractivity contribution in [3.05, 3.63) is 59.2 Å². The Bertz CT molecular complexity index is 1210. The molecule has 2 atom stereocenters. The van der Waals surface area contributed by atoms with E-state index in [1.807, 2.05) is 26.0 Å². The Morgan fingerprint density at radius 1 is 1.10 bits per heavy atom. The third kappa shape index (κ3) is 8.92. The van der Waals surface area contributed by atoms with Crippen molar-refractivity contribution >= 4 is 30.1 Å². The Labute approximate surface area is 244 Å². The lowest BCUT2D eigenvalue weighted by atomic mass is 9.78. The van der Waals surface area contributed by atoms with Gasteiger partial charge in [-0.15, -0.1) is 0 Å². The Kier molecular flexibility index (Phi) is 11.4. The first-order chi connectivity index (χ1) is 19.7. The fraction of sp³-hybridized carbons (Fsp3) is 0.500. The van der Waals surface area contributed by atoms with Gasteiger partial charge in [-0.05, 0) is 67.5 Å². The van der Waals surface area contributed by atoms with Crippen LogP contribution in [0.4, 0.5) is 18.9 Å². The van der Waals surface area contributed by atoms with Crippen LogP contribution in [0.25, 0.3) is 0 Å². The minimum atomic E-state index is -4.46. The van der Waals surface area contributed by atoms with E-state index < -0.39 is 42.5 Å². The van der Waals surface area contributed by atoms with E-state index in [0.29, 0.717) is 29.8 Å². The molecule has 2 aromatic rings. The summed E-state index contributed by atoms with van der Waals surface area (Å²) in [7, 11) is -1.08. The predicted molar refractivity (Wildman–Crippen MR) is 156 cm³/mol. The Balaban J connectivity index is 1.69. The van der Waals surface area contributed by atoms with E-state index in [1.165, 1.54) is 17.0 Å². The van der Waals surface area contributed by atoms with E-state index >= 15 is 0 Å². The zero-order valence-corrected chi connectivity index (χ0v) is 23.9. The van der Waals surface area contributed by atoms with Crippen molar-refractivity contribution in [2.24, 2.45) is 17.2 Å². The number of nitrogens with one attached hydrogen (secondary N) is 2. The van der Waals surface area contributed by atoms with E-state index in [9.17, 15) is 27.8 Å². The van der Waals surface area contributed by atoms with Crippen LogP contribution in [0.5, 0.6) is 0 Å². The topological polar surface area (TPSA) is 169 Å². The van der Waals surface area contributed by atoms with Gasteiger partial charge >= 0.3 is 13.3 Å². The summed E-state index contributed by atoms with van der Waals surface area (Å²) in [6.45, 7) is 5.18. The molecule has 0 saturated heterocycles. The molecular weight excluding hydrogens is 552 g/mol. The summed E-state index contributed by atoms with van der Waals surface area (Å²) in [5.41, 5.74) is 18.5. The summed E-state index contributed by atoms with van der Waals surface area (Å²) in [6.07, 6.45) is -4.12. The number of nitrogens with two attached hydrogens (primary N) is 3. The van der Waals surface area contributed by atoms with Crippen molar-refractivity contribution in [2.45, 2.75) is 57.0 Å². The number of anilines is 1.